The molecule has 0 bridgehead atoms. The first-order chi connectivity index (χ1) is 47.1. The number of benzene rings is 7. The van der Waals surface area contributed by atoms with Crippen LogP contribution in [0.1, 0.15) is 130 Å². The highest BCUT2D eigenvalue weighted by atomic mass is 16.8. The highest BCUT2D eigenvalue weighted by Crippen LogP contribution is 2.44. The largest absolute Gasteiger partial charge is 0.459 e. The molecule has 7 aromatic rings. The molecule has 15 atom stereocenters. The number of aliphatic hydroxyl groups is 1. The first-order valence-corrected chi connectivity index (χ1v) is 31.5. The number of fused-ring (bicyclic) bond motifs is 3. The van der Waals surface area contributed by atoms with Crippen molar-refractivity contribution in [1.82, 2.24) is 14.7 Å². The van der Waals surface area contributed by atoms with Crippen molar-refractivity contribution < 1.29 is 100 Å². The van der Waals surface area contributed by atoms with E-state index in [1.165, 1.54) is 128 Å². The minimum atomic E-state index is -2.18. The Kier molecular flexibility index (Phi) is 18.6. The number of carbonyl (C=O) groups excluding carboxylic acids is 10. The van der Waals surface area contributed by atoms with Crippen molar-refractivity contribution in [2.24, 2.45) is 0 Å². The predicted octanol–water partition coefficient (Wildman–Crippen LogP) is 7.29. The fourth-order valence-electron chi connectivity index (χ4n) is 13.3. The van der Waals surface area contributed by atoms with Crippen molar-refractivity contribution in [3.8, 4) is 0 Å². The van der Waals surface area contributed by atoms with E-state index in [9.17, 15) is 38.7 Å². The summed E-state index contributed by atoms with van der Waals surface area (Å²) in [4.78, 5) is 152. The number of hydrogen-bond donors (Lipinski definition) is 1. The number of aliphatic hydroxyl groups excluding tert-OH is 1. The molecule has 97 heavy (non-hydrogen) atoms. The minimum absolute atomic E-state index is 0.00140. The topological polar surface area (TPSA) is 293 Å². The molecule has 6 amide bonds. The molecule has 24 nitrogen and oxygen atoms in total. The van der Waals surface area contributed by atoms with E-state index in [0.29, 0.717) is 0 Å². The van der Waals surface area contributed by atoms with Crippen molar-refractivity contribution in [1.29, 1.82) is 0 Å². The molecule has 3 saturated heterocycles. The summed E-state index contributed by atoms with van der Waals surface area (Å²) in [6.07, 6.45) is -21.8. The fraction of sp³-hybridized carbons (Fsp3) is 0.288. The second kappa shape index (κ2) is 27.7. The van der Waals surface area contributed by atoms with Crippen LogP contribution in [0.5, 0.6) is 0 Å². The Balaban J connectivity index is 1.00. The highest BCUT2D eigenvalue weighted by Gasteiger charge is 2.64. The van der Waals surface area contributed by atoms with E-state index in [0.717, 1.165) is 14.7 Å². The first-order valence-electron chi connectivity index (χ1n) is 31.5. The summed E-state index contributed by atoms with van der Waals surface area (Å²) in [6.45, 7) is 2.41. The van der Waals surface area contributed by atoms with E-state index < -0.39 is 158 Å². The number of carbonyl (C=O) groups is 10. The molecule has 7 aromatic carbocycles. The standard InChI is InChI=1S/C73H63N3O21/c1-4-49-55(77)58(93-68(85)40-26-12-7-13-27-40)52(74-61(78)43-32-18-19-33-44(43)62(74)79)72(90-49)97-57-51(38-89-67(84)39-24-10-6-11-25-39)92-73(54(60(57)95-70(87)42-30-16-9-17-31-42)76-65(82)47-36-22-23-37-48(47)66(76)83)96-56-50(5-2)91-71(88-3)53(59(56)94-69(86)41-28-14-8-15-29-41)75-63(80)45-34-20-21-35-46(45)64(75)81/h6-37,49-60,71-73,77H,4-5,38H2,1-3H3/t49?,50?,51?,52-,53-,54+,55+,56+,57?,58?,59?,60-,71+,72-,73?/m1/s1. The van der Waals surface area contributed by atoms with Gasteiger partial charge in [-0.25, -0.2) is 19.2 Å². The van der Waals surface area contributed by atoms with Crippen LogP contribution >= 0.6 is 0 Å². The maximum Gasteiger partial charge on any atom is 0.338 e. The van der Waals surface area contributed by atoms with E-state index in [4.69, 9.17) is 47.4 Å². The van der Waals surface area contributed by atoms with Crippen molar-refractivity contribution in [2.45, 2.75) is 119 Å². The highest BCUT2D eigenvalue weighted by molar-refractivity contribution is 6.23. The van der Waals surface area contributed by atoms with E-state index >= 15 is 14.4 Å². The smallest absolute Gasteiger partial charge is 0.338 e. The molecular formula is C73H63N3O21. The monoisotopic (exact) mass is 1320 g/mol. The zero-order valence-electron chi connectivity index (χ0n) is 52.2. The number of ether oxygens (including phenoxy) is 10. The third-order valence-electron chi connectivity index (χ3n) is 18.0. The molecule has 24 heteroatoms. The third kappa shape index (κ3) is 12.2. The predicted molar refractivity (Wildman–Crippen MR) is 335 cm³/mol. The second-order valence-corrected chi connectivity index (χ2v) is 23.6. The van der Waals surface area contributed by atoms with Gasteiger partial charge in [-0.2, -0.15) is 0 Å². The minimum Gasteiger partial charge on any atom is -0.459 e. The molecule has 6 aliphatic heterocycles. The van der Waals surface area contributed by atoms with Crippen LogP contribution in [0.2, 0.25) is 0 Å². The van der Waals surface area contributed by atoms with Crippen LogP contribution in [0.3, 0.4) is 0 Å². The van der Waals surface area contributed by atoms with Gasteiger partial charge in [0.1, 0.15) is 49.1 Å². The van der Waals surface area contributed by atoms with Gasteiger partial charge in [-0.15, -0.1) is 0 Å². The third-order valence-corrected chi connectivity index (χ3v) is 18.0. The van der Waals surface area contributed by atoms with Crippen molar-refractivity contribution in [3.05, 3.63) is 250 Å². The zero-order chi connectivity index (χ0) is 67.8. The number of esters is 4. The molecule has 0 saturated carbocycles. The number of nitrogens with zero attached hydrogens (tertiary/aromatic N) is 3. The van der Waals surface area contributed by atoms with Crippen LogP contribution in [0, 0.1) is 0 Å². The van der Waals surface area contributed by atoms with Gasteiger partial charge in [0, 0.05) is 7.11 Å². The average Bonchev–Trinajstić information content (AvgIpc) is 1.69. The Labute approximate surface area is 554 Å². The Bertz CT molecular complexity index is 4090. The van der Waals surface area contributed by atoms with Crippen molar-refractivity contribution >= 4 is 59.3 Å². The molecule has 6 aliphatic rings. The first kappa shape index (κ1) is 65.2. The SMILES string of the molecule is CCC1O[C@H](OC2C(COC(=O)c3ccccc3)OC(O[C@H]3C(CC)O[C@H](OC)[C@H](N4C(=O)c5ccccc5C4=O)C3OC(=O)c3ccccc3)[C@@H](N3C(=O)c4ccccc4C3=O)[C@H]2OC(=O)c2ccccc2)[C@H](N2C(=O)c3ccccc3C2=O)C(OC(=O)c2ccccc2)[C@H]1O. The Morgan fingerprint density at radius 2 is 0.639 bits per heavy atom. The lowest BCUT2D eigenvalue weighted by Crippen LogP contribution is -2.72. The normalized spacial score (nSPS) is 27.4. The summed E-state index contributed by atoms with van der Waals surface area (Å²) in [5.41, 5.74) is -0.433. The van der Waals surface area contributed by atoms with Crippen LogP contribution in [0.4, 0.5) is 0 Å². The lowest BCUT2D eigenvalue weighted by atomic mass is 9.91. The summed E-state index contributed by atoms with van der Waals surface area (Å²) in [7, 11) is 1.25. The number of amides is 6. The molecule has 7 unspecified atom stereocenters. The van der Waals surface area contributed by atoms with Gasteiger partial charge in [-0.05, 0) is 97.8 Å². The van der Waals surface area contributed by atoms with Gasteiger partial charge < -0.3 is 52.5 Å². The lowest BCUT2D eigenvalue weighted by molar-refractivity contribution is -0.357. The molecule has 0 aliphatic carbocycles. The van der Waals surface area contributed by atoms with Gasteiger partial charge in [0.2, 0.25) is 0 Å². The van der Waals surface area contributed by atoms with Crippen LogP contribution in [-0.4, -0.2) is 185 Å². The van der Waals surface area contributed by atoms with Gasteiger partial charge in [-0.3, -0.25) is 43.5 Å². The molecule has 1 N–H and O–H groups in total. The second-order valence-electron chi connectivity index (χ2n) is 23.6. The van der Waals surface area contributed by atoms with Gasteiger partial charge >= 0.3 is 23.9 Å². The van der Waals surface area contributed by atoms with E-state index in [1.54, 1.807) is 86.6 Å². The van der Waals surface area contributed by atoms with Gasteiger partial charge in [-0.1, -0.05) is 123 Å². The van der Waals surface area contributed by atoms with E-state index in [-0.39, 0.29) is 68.5 Å². The molecule has 6 heterocycles. The summed E-state index contributed by atoms with van der Waals surface area (Å²) in [5.74, 6) is -9.51. The fourth-order valence-corrected chi connectivity index (χ4v) is 13.3. The molecular weight excluding hydrogens is 1250 g/mol. The summed E-state index contributed by atoms with van der Waals surface area (Å²) in [6, 6.07) is 42.5. The average molecular weight is 1320 g/mol. The van der Waals surface area contributed by atoms with Crippen LogP contribution < -0.4 is 0 Å². The summed E-state index contributed by atoms with van der Waals surface area (Å²) >= 11 is 0. The summed E-state index contributed by atoms with van der Waals surface area (Å²) in [5, 5.41) is 12.4. The van der Waals surface area contributed by atoms with Crippen LogP contribution in [-0.2, 0) is 47.4 Å². The molecule has 0 radical (unpaired) electrons. The van der Waals surface area contributed by atoms with Crippen LogP contribution in [0.25, 0.3) is 0 Å². The van der Waals surface area contributed by atoms with E-state index in [2.05, 4.69) is 0 Å². The number of imide groups is 3. The lowest BCUT2D eigenvalue weighted by Gasteiger charge is -2.53. The Hall–Kier alpha value is -10.4. The zero-order valence-corrected chi connectivity index (χ0v) is 52.2. The molecule has 13 rings (SSSR count). The molecule has 496 valence electrons. The van der Waals surface area contributed by atoms with Crippen molar-refractivity contribution in [3.63, 3.8) is 0 Å². The molecule has 0 aromatic heterocycles. The molecule has 3 fully saturated rings. The maximum atomic E-state index is 15.5. The van der Waals surface area contributed by atoms with E-state index in [1.807, 2.05) is 0 Å². The summed E-state index contributed by atoms with van der Waals surface area (Å²) < 4.78 is 66.3. The molecule has 0 spiro atoms. The Morgan fingerprint density at radius 3 is 0.979 bits per heavy atom. The number of methoxy groups -OCH3 is 1. The number of rotatable bonds is 19. The Morgan fingerprint density at radius 1 is 0.361 bits per heavy atom. The number of hydrogen-bond acceptors (Lipinski definition) is 21. The van der Waals surface area contributed by atoms with Gasteiger partial charge in [0.15, 0.2) is 37.2 Å². The van der Waals surface area contributed by atoms with Crippen LogP contribution in [0.15, 0.2) is 194 Å². The van der Waals surface area contributed by atoms with Gasteiger partial charge in [0.25, 0.3) is 35.4 Å². The maximum absolute atomic E-state index is 15.5. The quantitative estimate of drug-likeness (QED) is 0.0472. The van der Waals surface area contributed by atoms with Crippen molar-refractivity contribution in [2.75, 3.05) is 13.7 Å². The van der Waals surface area contributed by atoms with Gasteiger partial charge in [0.05, 0.1) is 67.8 Å².